The van der Waals surface area contributed by atoms with Crippen molar-refractivity contribution < 1.29 is 19.2 Å². The van der Waals surface area contributed by atoms with Crippen molar-refractivity contribution >= 4 is 23.8 Å². The predicted octanol–water partition coefficient (Wildman–Crippen LogP) is 2.52. The third-order valence-corrected chi connectivity index (χ3v) is 7.99. The van der Waals surface area contributed by atoms with Gasteiger partial charge in [0.25, 0.3) is 5.91 Å². The number of amides is 5. The third-order valence-electron chi connectivity index (χ3n) is 7.99. The summed E-state index contributed by atoms with van der Waals surface area (Å²) in [7, 11) is 0. The summed E-state index contributed by atoms with van der Waals surface area (Å²) in [5, 5.41) is 2.96. The Morgan fingerprint density at radius 3 is 2.16 bits per heavy atom. The van der Waals surface area contributed by atoms with E-state index in [1.807, 2.05) is 18.7 Å². The van der Waals surface area contributed by atoms with Gasteiger partial charge >= 0.3 is 6.03 Å². The van der Waals surface area contributed by atoms with Crippen molar-refractivity contribution in [2.24, 2.45) is 11.8 Å². The first-order valence-electron chi connectivity index (χ1n) is 12.5. The standard InChI is InChI=1S/C24H38N4O4/c1-17(2)21(30)27-14-10-24(11-15-27)22(31)28(23(32)25-24)19-8-12-26(13-9-19)20(29)16-18-6-4-3-5-7-18/h17-19H,3-16H2,1-2H3,(H,25,32). The number of urea groups is 1. The van der Waals surface area contributed by atoms with E-state index in [2.05, 4.69) is 5.32 Å². The molecular weight excluding hydrogens is 408 g/mol. The van der Waals surface area contributed by atoms with E-state index >= 15 is 0 Å². The molecule has 1 saturated carbocycles. The summed E-state index contributed by atoms with van der Waals surface area (Å²) in [5.41, 5.74) is -0.876. The van der Waals surface area contributed by atoms with Crippen molar-refractivity contribution in [1.82, 2.24) is 20.0 Å². The first kappa shape index (κ1) is 23.1. The number of carbonyl (C=O) groups excluding carboxylic acids is 4. The van der Waals surface area contributed by atoms with E-state index < -0.39 is 5.54 Å². The fourth-order valence-corrected chi connectivity index (χ4v) is 5.93. The Morgan fingerprint density at radius 2 is 1.56 bits per heavy atom. The lowest BCUT2D eigenvalue weighted by Gasteiger charge is -2.39. The van der Waals surface area contributed by atoms with Gasteiger partial charge in [0.05, 0.1) is 0 Å². The number of likely N-dealkylation sites (tertiary alicyclic amines) is 2. The molecule has 178 valence electrons. The van der Waals surface area contributed by atoms with Crippen molar-refractivity contribution in [3.8, 4) is 0 Å². The van der Waals surface area contributed by atoms with Gasteiger partial charge in [-0.25, -0.2) is 4.79 Å². The van der Waals surface area contributed by atoms with Gasteiger partial charge in [-0.15, -0.1) is 0 Å². The van der Waals surface area contributed by atoms with Crippen LogP contribution < -0.4 is 5.32 Å². The van der Waals surface area contributed by atoms with Crippen LogP contribution in [-0.4, -0.2) is 76.2 Å². The maximum absolute atomic E-state index is 13.3. The van der Waals surface area contributed by atoms with Gasteiger partial charge in [-0.1, -0.05) is 33.1 Å². The molecule has 3 aliphatic heterocycles. The number of carbonyl (C=O) groups is 4. The van der Waals surface area contributed by atoms with Gasteiger partial charge in [0, 0.05) is 44.6 Å². The van der Waals surface area contributed by atoms with Crippen LogP contribution in [-0.2, 0) is 14.4 Å². The van der Waals surface area contributed by atoms with Crippen LogP contribution >= 0.6 is 0 Å². The molecule has 0 atom stereocenters. The summed E-state index contributed by atoms with van der Waals surface area (Å²) in [6.07, 6.45) is 8.93. The number of piperidine rings is 2. The van der Waals surface area contributed by atoms with Gasteiger partial charge in [0.2, 0.25) is 11.8 Å². The highest BCUT2D eigenvalue weighted by atomic mass is 16.2. The minimum Gasteiger partial charge on any atom is -0.343 e. The zero-order valence-electron chi connectivity index (χ0n) is 19.6. The van der Waals surface area contributed by atoms with Crippen LogP contribution in [0.4, 0.5) is 4.79 Å². The molecule has 4 aliphatic rings. The zero-order valence-corrected chi connectivity index (χ0v) is 19.6. The Balaban J connectivity index is 1.30. The summed E-state index contributed by atoms with van der Waals surface area (Å²) < 4.78 is 0. The molecule has 32 heavy (non-hydrogen) atoms. The van der Waals surface area contributed by atoms with Crippen LogP contribution in [0.25, 0.3) is 0 Å². The third kappa shape index (κ3) is 4.50. The second kappa shape index (κ2) is 9.40. The molecule has 3 heterocycles. The smallest absolute Gasteiger partial charge is 0.325 e. The number of rotatable bonds is 4. The Kier molecular flexibility index (Phi) is 6.77. The predicted molar refractivity (Wildman–Crippen MR) is 120 cm³/mol. The first-order chi connectivity index (χ1) is 15.3. The van der Waals surface area contributed by atoms with E-state index in [0.29, 0.717) is 64.2 Å². The second-order valence-corrected chi connectivity index (χ2v) is 10.5. The van der Waals surface area contributed by atoms with E-state index in [1.165, 1.54) is 24.2 Å². The quantitative estimate of drug-likeness (QED) is 0.672. The van der Waals surface area contributed by atoms with Crippen molar-refractivity contribution in [3.05, 3.63) is 0 Å². The largest absolute Gasteiger partial charge is 0.343 e. The fourth-order valence-electron chi connectivity index (χ4n) is 5.93. The Bertz CT molecular complexity index is 745. The van der Waals surface area contributed by atoms with Crippen molar-refractivity contribution in [1.29, 1.82) is 0 Å². The van der Waals surface area contributed by atoms with Crippen LogP contribution in [0, 0.1) is 11.8 Å². The SMILES string of the molecule is CC(C)C(=O)N1CCC2(CC1)NC(=O)N(C1CCN(C(=O)CC3CCCCC3)CC1)C2=O. The molecule has 0 aromatic rings. The molecule has 0 aromatic carbocycles. The van der Waals surface area contributed by atoms with Crippen LogP contribution in [0.5, 0.6) is 0 Å². The van der Waals surface area contributed by atoms with E-state index in [-0.39, 0.29) is 35.7 Å². The normalized spacial score (nSPS) is 25.0. The fraction of sp³-hybridized carbons (Fsp3) is 0.833. The van der Waals surface area contributed by atoms with Gasteiger partial charge in [-0.3, -0.25) is 19.3 Å². The van der Waals surface area contributed by atoms with Gasteiger partial charge in [0.15, 0.2) is 0 Å². The minimum atomic E-state index is -0.876. The maximum atomic E-state index is 13.3. The van der Waals surface area contributed by atoms with E-state index in [0.717, 1.165) is 12.8 Å². The average molecular weight is 447 g/mol. The van der Waals surface area contributed by atoms with Crippen molar-refractivity contribution in [2.45, 2.75) is 89.6 Å². The number of hydrogen-bond donors (Lipinski definition) is 1. The first-order valence-corrected chi connectivity index (χ1v) is 12.5. The molecule has 4 rings (SSSR count). The molecule has 1 spiro atoms. The van der Waals surface area contributed by atoms with Crippen molar-refractivity contribution in [3.63, 3.8) is 0 Å². The Labute approximate surface area is 191 Å². The summed E-state index contributed by atoms with van der Waals surface area (Å²) in [5.74, 6) is 0.629. The molecule has 1 aliphatic carbocycles. The van der Waals surface area contributed by atoms with Gasteiger partial charge in [0.1, 0.15) is 5.54 Å². The Hall–Kier alpha value is -2.12. The van der Waals surface area contributed by atoms with E-state index in [4.69, 9.17) is 0 Å². The van der Waals surface area contributed by atoms with Crippen LogP contribution in [0.2, 0.25) is 0 Å². The van der Waals surface area contributed by atoms with Crippen LogP contribution in [0.3, 0.4) is 0 Å². The maximum Gasteiger partial charge on any atom is 0.325 e. The lowest BCUT2D eigenvalue weighted by molar-refractivity contribution is -0.141. The van der Waals surface area contributed by atoms with Crippen molar-refractivity contribution in [2.75, 3.05) is 26.2 Å². The molecule has 0 radical (unpaired) electrons. The summed E-state index contributed by atoms with van der Waals surface area (Å²) in [6, 6.07) is -0.471. The van der Waals surface area contributed by atoms with Crippen LogP contribution in [0.15, 0.2) is 0 Å². The van der Waals surface area contributed by atoms with Crippen LogP contribution in [0.1, 0.15) is 78.1 Å². The number of nitrogens with zero attached hydrogens (tertiary/aromatic N) is 3. The van der Waals surface area contributed by atoms with Gasteiger partial charge < -0.3 is 15.1 Å². The number of nitrogens with one attached hydrogen (secondary N) is 1. The molecule has 3 saturated heterocycles. The molecule has 0 bridgehead atoms. The summed E-state index contributed by atoms with van der Waals surface area (Å²) >= 11 is 0. The molecular formula is C24H38N4O4. The number of imide groups is 1. The van der Waals surface area contributed by atoms with E-state index in [1.54, 1.807) is 4.90 Å². The molecule has 8 nitrogen and oxygen atoms in total. The Morgan fingerprint density at radius 1 is 0.938 bits per heavy atom. The number of hydrogen-bond acceptors (Lipinski definition) is 4. The van der Waals surface area contributed by atoms with E-state index in [9.17, 15) is 19.2 Å². The lowest BCUT2D eigenvalue weighted by atomic mass is 9.86. The highest BCUT2D eigenvalue weighted by Crippen LogP contribution is 2.33. The molecule has 1 N–H and O–H groups in total. The minimum absolute atomic E-state index is 0.0690. The lowest BCUT2D eigenvalue weighted by Crippen LogP contribution is -2.57. The summed E-state index contributed by atoms with van der Waals surface area (Å²) in [4.78, 5) is 56.3. The topological polar surface area (TPSA) is 90.0 Å². The highest BCUT2D eigenvalue weighted by molar-refractivity contribution is 6.07. The molecule has 0 unspecified atom stereocenters. The molecule has 4 fully saturated rings. The molecule has 0 aromatic heterocycles. The summed E-state index contributed by atoms with van der Waals surface area (Å²) in [6.45, 7) is 5.95. The molecule has 5 amide bonds. The average Bonchev–Trinajstić information content (AvgIpc) is 3.03. The van der Waals surface area contributed by atoms with Gasteiger partial charge in [-0.05, 0) is 44.4 Å². The van der Waals surface area contributed by atoms with Gasteiger partial charge in [-0.2, -0.15) is 0 Å². The molecule has 8 heteroatoms. The monoisotopic (exact) mass is 446 g/mol. The highest BCUT2D eigenvalue weighted by Gasteiger charge is 2.54. The zero-order chi connectivity index (χ0) is 22.9. The second-order valence-electron chi connectivity index (χ2n) is 10.5.